The number of alkyl halides is 3. The van der Waals surface area contributed by atoms with Crippen LogP contribution in [-0.4, -0.2) is 61.8 Å². The fourth-order valence-electron chi connectivity index (χ4n) is 3.99. The number of nitrogens with one attached hydrogen (secondary N) is 1. The number of hydrogen-bond donors (Lipinski definition) is 1. The van der Waals surface area contributed by atoms with Gasteiger partial charge < -0.3 is 15.0 Å². The van der Waals surface area contributed by atoms with Crippen LogP contribution in [-0.2, 0) is 18.0 Å². The highest BCUT2D eigenvalue weighted by Crippen LogP contribution is 2.30. The predicted molar refractivity (Wildman–Crippen MR) is 124 cm³/mol. The van der Waals surface area contributed by atoms with Crippen molar-refractivity contribution in [2.45, 2.75) is 45.2 Å². The lowest BCUT2D eigenvalue weighted by Crippen LogP contribution is -2.58. The molecule has 3 atom stereocenters. The van der Waals surface area contributed by atoms with Crippen LogP contribution >= 0.6 is 0 Å². The van der Waals surface area contributed by atoms with Gasteiger partial charge in [-0.3, -0.25) is 14.5 Å². The van der Waals surface area contributed by atoms with Crippen LogP contribution in [0.15, 0.2) is 36.7 Å². The molecule has 12 heteroatoms. The van der Waals surface area contributed by atoms with E-state index in [0.717, 1.165) is 23.2 Å². The minimum atomic E-state index is -4.54. The molecule has 1 aliphatic rings. The van der Waals surface area contributed by atoms with Crippen LogP contribution in [0.1, 0.15) is 38.3 Å². The van der Waals surface area contributed by atoms with Crippen LogP contribution in [0.3, 0.4) is 0 Å². The number of aromatic nitrogens is 4. The molecule has 0 bridgehead atoms. The summed E-state index contributed by atoms with van der Waals surface area (Å²) in [6.45, 7) is 2.53. The monoisotopic (exact) mass is 508 g/mol. The molecule has 1 N–H and O–H groups in total. The van der Waals surface area contributed by atoms with Gasteiger partial charge in [0.2, 0.25) is 0 Å². The average molecular weight is 509 g/mol. The molecule has 0 aromatic carbocycles. The Labute approximate surface area is 208 Å². The van der Waals surface area contributed by atoms with Crippen molar-refractivity contribution in [3.05, 3.63) is 59.4 Å². The number of hydrogen-bond acceptors (Lipinski definition) is 6. The second kappa shape index (κ2) is 9.84. The van der Waals surface area contributed by atoms with Crippen molar-refractivity contribution < 1.29 is 29.8 Å². The number of pyridine rings is 2. The van der Waals surface area contributed by atoms with Crippen LogP contribution in [0.5, 0.6) is 0 Å². The molecule has 0 spiro atoms. The molecule has 192 valence electrons. The topological polar surface area (TPSA) is 85.2 Å². The van der Waals surface area contributed by atoms with Crippen LogP contribution in [0.4, 0.5) is 23.4 Å². The zero-order valence-electron chi connectivity index (χ0n) is 22.0. The summed E-state index contributed by atoms with van der Waals surface area (Å²) < 4.78 is 76.8. The van der Waals surface area contributed by atoms with Crippen molar-refractivity contribution in [2.24, 2.45) is 7.05 Å². The minimum absolute atomic E-state index is 0.0759. The Morgan fingerprint density at radius 2 is 1.97 bits per heavy atom. The summed E-state index contributed by atoms with van der Waals surface area (Å²) in [6, 6.07) is 3.74. The molecule has 0 radical (unpaired) electrons. The molecule has 1 saturated heterocycles. The van der Waals surface area contributed by atoms with Gasteiger partial charge in [0.15, 0.2) is 5.69 Å². The van der Waals surface area contributed by atoms with E-state index in [1.54, 1.807) is 20.9 Å². The highest BCUT2D eigenvalue weighted by molar-refractivity contribution is 5.99. The molecule has 1 aliphatic heterocycles. The van der Waals surface area contributed by atoms with Crippen molar-refractivity contribution in [3.8, 4) is 11.3 Å². The Morgan fingerprint density at radius 3 is 2.58 bits per heavy atom. The predicted octanol–water partition coefficient (Wildman–Crippen LogP) is 4.07. The summed E-state index contributed by atoms with van der Waals surface area (Å²) >= 11 is 0. The van der Waals surface area contributed by atoms with E-state index in [4.69, 9.17) is 7.48 Å². The zero-order chi connectivity index (χ0) is 28.0. The maximum atomic E-state index is 14.0. The van der Waals surface area contributed by atoms with Crippen molar-refractivity contribution in [1.29, 1.82) is 0 Å². The first-order chi connectivity index (χ1) is 17.7. The number of ether oxygens (including phenoxy) is 1. The number of halogens is 4. The Bertz CT molecular complexity index is 1320. The van der Waals surface area contributed by atoms with E-state index in [9.17, 15) is 22.4 Å². The number of morpholine rings is 1. The first kappa shape index (κ1) is 22.9. The van der Waals surface area contributed by atoms with E-state index in [1.165, 1.54) is 23.7 Å². The highest BCUT2D eigenvalue weighted by atomic mass is 19.4. The van der Waals surface area contributed by atoms with Gasteiger partial charge in [-0.25, -0.2) is 9.37 Å². The molecule has 36 heavy (non-hydrogen) atoms. The third kappa shape index (κ3) is 5.18. The number of aryl methyl sites for hydroxylation is 1. The minimum Gasteiger partial charge on any atom is -0.372 e. The lowest BCUT2D eigenvalue weighted by molar-refractivity contribution is -0.137. The number of anilines is 1. The molecule has 3 aromatic rings. The Morgan fingerprint density at radius 1 is 1.22 bits per heavy atom. The summed E-state index contributed by atoms with van der Waals surface area (Å²) in [7, 11) is 1.62. The van der Waals surface area contributed by atoms with Crippen molar-refractivity contribution in [3.63, 3.8) is 0 Å². The van der Waals surface area contributed by atoms with Gasteiger partial charge in [-0.1, -0.05) is 0 Å². The molecule has 0 unspecified atom stereocenters. The molecular weight excluding hydrogens is 480 g/mol. The fourth-order valence-corrected chi connectivity index (χ4v) is 3.99. The molecule has 3 aromatic heterocycles. The van der Waals surface area contributed by atoms with E-state index in [0.29, 0.717) is 23.1 Å². The number of nitrogens with zero attached hydrogens (tertiary/aromatic N) is 5. The normalized spacial score (nSPS) is 22.7. The standard InChI is InChI=1S/C24H26F4N6O2/c1-13-12-34(19(15(3)36-13)11-31-20-8-5-16(9-30-20)24(26,27)28)23(35)22-21(14(2)33(4)32-22)18-7-6-17(25)10-29-18/h5-10,13,15,19H,11-12H2,1-4H3,(H,30,31)/t13-,15+,19-/m1/s1/i12D2. The van der Waals surface area contributed by atoms with Gasteiger partial charge in [-0.15, -0.1) is 0 Å². The highest BCUT2D eigenvalue weighted by Gasteiger charge is 2.38. The molecule has 4 heterocycles. The van der Waals surface area contributed by atoms with Crippen molar-refractivity contribution >= 4 is 11.7 Å². The average Bonchev–Trinajstić information content (AvgIpc) is 3.14. The van der Waals surface area contributed by atoms with Crippen LogP contribution < -0.4 is 5.32 Å². The van der Waals surface area contributed by atoms with Crippen LogP contribution in [0.2, 0.25) is 0 Å². The van der Waals surface area contributed by atoms with Gasteiger partial charge in [0, 0.05) is 32.0 Å². The maximum Gasteiger partial charge on any atom is 0.417 e. The molecule has 0 aliphatic carbocycles. The molecule has 4 rings (SSSR count). The van der Waals surface area contributed by atoms with Gasteiger partial charge >= 0.3 is 6.18 Å². The summed E-state index contributed by atoms with van der Waals surface area (Å²) in [6.07, 6.45) is -4.50. The quantitative estimate of drug-likeness (QED) is 0.523. The van der Waals surface area contributed by atoms with Crippen molar-refractivity contribution in [1.82, 2.24) is 24.6 Å². The molecule has 8 nitrogen and oxygen atoms in total. The molecule has 1 amide bonds. The smallest absolute Gasteiger partial charge is 0.372 e. The van der Waals surface area contributed by atoms with E-state index in [2.05, 4.69) is 20.4 Å². The Kier molecular flexibility index (Phi) is 6.26. The second-order valence-corrected chi connectivity index (χ2v) is 8.46. The molecule has 1 fully saturated rings. The third-order valence-electron chi connectivity index (χ3n) is 5.94. The largest absolute Gasteiger partial charge is 0.417 e. The molecular formula is C24H26F4N6O2. The van der Waals surface area contributed by atoms with E-state index < -0.39 is 48.2 Å². The maximum absolute atomic E-state index is 14.0. The second-order valence-electron chi connectivity index (χ2n) is 8.46. The van der Waals surface area contributed by atoms with Gasteiger partial charge in [0.25, 0.3) is 5.91 Å². The number of rotatable bonds is 5. The summed E-state index contributed by atoms with van der Waals surface area (Å²) in [4.78, 5) is 22.9. The van der Waals surface area contributed by atoms with Gasteiger partial charge in [-0.2, -0.15) is 18.3 Å². The first-order valence-electron chi connectivity index (χ1n) is 12.1. The summed E-state index contributed by atoms with van der Waals surface area (Å²) in [5.41, 5.74) is 0.194. The number of carbonyl (C=O) groups excluding carboxylic acids is 1. The van der Waals surface area contributed by atoms with E-state index >= 15 is 0 Å². The third-order valence-corrected chi connectivity index (χ3v) is 5.94. The fraction of sp³-hybridized carbons (Fsp3) is 0.417. The van der Waals surface area contributed by atoms with Gasteiger partial charge in [0.1, 0.15) is 11.6 Å². The van der Waals surface area contributed by atoms with Crippen LogP contribution in [0.25, 0.3) is 11.3 Å². The van der Waals surface area contributed by atoms with Gasteiger partial charge in [-0.05, 0) is 45.0 Å². The van der Waals surface area contributed by atoms with Crippen LogP contribution in [0, 0.1) is 12.7 Å². The summed E-state index contributed by atoms with van der Waals surface area (Å²) in [5, 5.41) is 7.21. The molecule has 0 saturated carbocycles. The van der Waals surface area contributed by atoms with Crippen molar-refractivity contribution in [2.75, 3.05) is 18.4 Å². The Hall–Kier alpha value is -3.54. The van der Waals surface area contributed by atoms with Gasteiger partial charge in [0.05, 0.1) is 44.0 Å². The number of amides is 1. The van der Waals surface area contributed by atoms with E-state index in [1.807, 2.05) is 0 Å². The summed E-state index contributed by atoms with van der Waals surface area (Å²) in [5.74, 6) is -1.19. The number of carbonyl (C=O) groups is 1. The zero-order valence-corrected chi connectivity index (χ0v) is 20.0. The lowest BCUT2D eigenvalue weighted by atomic mass is 10.0. The first-order valence-corrected chi connectivity index (χ1v) is 11.1. The SMILES string of the molecule is [2H]C1([2H])[C@@H](C)O[C@@H](C)[C@@H](CNc2ccc(C(F)(F)F)cn2)N1C(=O)c1nn(C)c(C)c1-c1ccc(F)cn1. The Balaban J connectivity index is 1.69. The lowest BCUT2D eigenvalue weighted by Gasteiger charge is -2.42. The van der Waals surface area contributed by atoms with E-state index in [-0.39, 0.29) is 18.1 Å².